The van der Waals surface area contributed by atoms with E-state index in [2.05, 4.69) is 5.32 Å². The molecule has 1 N–H and O–H groups in total. The summed E-state index contributed by atoms with van der Waals surface area (Å²) in [6.45, 7) is 0.575. The topological polar surface area (TPSA) is 60.3 Å². The molecular formula is C23H23ClN2O3S. The molecule has 4 aromatic rings. The van der Waals surface area contributed by atoms with Crippen LogP contribution in [0.2, 0.25) is 0 Å². The fourth-order valence-electron chi connectivity index (χ4n) is 3.42. The molecule has 156 valence electrons. The van der Waals surface area contributed by atoms with Crippen molar-refractivity contribution in [1.29, 1.82) is 0 Å². The molecule has 30 heavy (non-hydrogen) atoms. The van der Waals surface area contributed by atoms with E-state index in [-0.39, 0.29) is 17.3 Å². The molecule has 0 aliphatic heterocycles. The van der Waals surface area contributed by atoms with Crippen LogP contribution in [-0.4, -0.2) is 26.5 Å². The zero-order valence-corrected chi connectivity index (χ0v) is 18.3. The van der Waals surface area contributed by atoms with Gasteiger partial charge in [0, 0.05) is 12.7 Å². The second-order valence-electron chi connectivity index (χ2n) is 6.80. The quantitative estimate of drug-likeness (QED) is 0.470. The predicted octanol–water partition coefficient (Wildman–Crippen LogP) is 4.70. The van der Waals surface area contributed by atoms with Crippen molar-refractivity contribution >= 4 is 33.2 Å². The fraction of sp³-hybridized carbons (Fsp3) is 0.130. The molecule has 1 heterocycles. The van der Waals surface area contributed by atoms with Gasteiger partial charge >= 0.3 is 0 Å². The molecular weight excluding hydrogens is 420 g/mol. The number of rotatable bonds is 6. The minimum atomic E-state index is -3.76. The van der Waals surface area contributed by atoms with Gasteiger partial charge in [-0.3, -0.25) is 0 Å². The number of ether oxygens (including phenoxy) is 1. The first kappa shape index (κ1) is 21.9. The van der Waals surface area contributed by atoms with Crippen molar-refractivity contribution in [3.63, 3.8) is 0 Å². The molecule has 0 fully saturated rings. The second-order valence-corrected chi connectivity index (χ2v) is 8.62. The molecule has 0 atom stereocenters. The smallest absolute Gasteiger partial charge is 0.268 e. The van der Waals surface area contributed by atoms with Gasteiger partial charge in [0.2, 0.25) is 0 Å². The molecule has 7 heteroatoms. The van der Waals surface area contributed by atoms with Crippen LogP contribution in [0.5, 0.6) is 5.75 Å². The van der Waals surface area contributed by atoms with Crippen LogP contribution in [0.3, 0.4) is 0 Å². The summed E-state index contributed by atoms with van der Waals surface area (Å²) in [4.78, 5) is 0.215. The number of nitrogens with zero attached hydrogens (tertiary/aromatic N) is 1. The molecule has 0 bridgehead atoms. The van der Waals surface area contributed by atoms with E-state index >= 15 is 0 Å². The second kappa shape index (κ2) is 8.92. The minimum absolute atomic E-state index is 0. The van der Waals surface area contributed by atoms with E-state index in [9.17, 15) is 8.42 Å². The molecule has 5 nitrogen and oxygen atoms in total. The lowest BCUT2D eigenvalue weighted by Gasteiger charge is -2.12. The van der Waals surface area contributed by atoms with Crippen LogP contribution in [0.15, 0.2) is 83.9 Å². The van der Waals surface area contributed by atoms with Crippen molar-refractivity contribution in [3.05, 3.63) is 84.6 Å². The lowest BCUT2D eigenvalue weighted by atomic mass is 10.1. The number of hydrogen-bond donors (Lipinski definition) is 1. The maximum atomic E-state index is 13.4. The summed E-state index contributed by atoms with van der Waals surface area (Å²) in [5, 5.41) is 5.27. The Morgan fingerprint density at radius 2 is 1.63 bits per heavy atom. The first-order valence-electron chi connectivity index (χ1n) is 9.27. The maximum absolute atomic E-state index is 13.4. The minimum Gasteiger partial charge on any atom is -0.497 e. The standard InChI is InChI=1S/C23H22N2O3S.ClH/c1-24-15-17-13-23(20-8-7-18-5-3-4-6-19(18)14-20)25(16-17)29(26,27)22-11-9-21(28-2)10-12-22;/h3-14,16,24H,15H2,1-2H3;1H. The molecule has 0 saturated heterocycles. The molecule has 4 rings (SSSR count). The molecule has 0 aliphatic carbocycles. The summed E-state index contributed by atoms with van der Waals surface area (Å²) < 4.78 is 33.3. The predicted molar refractivity (Wildman–Crippen MR) is 123 cm³/mol. The van der Waals surface area contributed by atoms with Gasteiger partial charge in [-0.2, -0.15) is 0 Å². The molecule has 0 saturated carbocycles. The molecule has 0 amide bonds. The lowest BCUT2D eigenvalue weighted by Crippen LogP contribution is -2.13. The number of hydrogen-bond acceptors (Lipinski definition) is 4. The maximum Gasteiger partial charge on any atom is 0.268 e. The third-order valence-corrected chi connectivity index (χ3v) is 6.57. The summed E-state index contributed by atoms with van der Waals surface area (Å²) in [6, 6.07) is 22.4. The Morgan fingerprint density at radius 1 is 0.933 bits per heavy atom. The molecule has 0 spiro atoms. The van der Waals surface area contributed by atoms with E-state index in [4.69, 9.17) is 4.74 Å². The number of benzene rings is 3. The summed E-state index contributed by atoms with van der Waals surface area (Å²) in [7, 11) is -0.369. The number of methoxy groups -OCH3 is 1. The fourth-order valence-corrected chi connectivity index (χ4v) is 4.82. The Bertz CT molecular complexity index is 1270. The SMILES string of the molecule is CNCc1cc(-c2ccc3ccccc3c2)n(S(=O)(=O)c2ccc(OC)cc2)c1.Cl. The summed E-state index contributed by atoms with van der Waals surface area (Å²) >= 11 is 0. The average molecular weight is 443 g/mol. The monoisotopic (exact) mass is 442 g/mol. The van der Waals surface area contributed by atoms with Gasteiger partial charge in [-0.1, -0.05) is 36.4 Å². The summed E-state index contributed by atoms with van der Waals surface area (Å²) in [5.41, 5.74) is 2.38. The highest BCUT2D eigenvalue weighted by atomic mass is 35.5. The van der Waals surface area contributed by atoms with Gasteiger partial charge in [0.1, 0.15) is 5.75 Å². The Balaban J connectivity index is 0.00000256. The van der Waals surface area contributed by atoms with Crippen molar-refractivity contribution in [3.8, 4) is 17.0 Å². The Kier molecular flexibility index (Phi) is 6.51. The number of nitrogens with one attached hydrogen (secondary N) is 1. The van der Waals surface area contributed by atoms with E-state index in [1.54, 1.807) is 37.6 Å². The highest BCUT2D eigenvalue weighted by molar-refractivity contribution is 7.90. The van der Waals surface area contributed by atoms with Crippen LogP contribution in [0, 0.1) is 0 Å². The number of halogens is 1. The van der Waals surface area contributed by atoms with Gasteiger partial charge in [0.05, 0.1) is 17.7 Å². The van der Waals surface area contributed by atoms with Crippen LogP contribution in [0.4, 0.5) is 0 Å². The van der Waals surface area contributed by atoms with E-state index < -0.39 is 10.0 Å². The van der Waals surface area contributed by atoms with E-state index in [0.717, 1.165) is 21.9 Å². The summed E-state index contributed by atoms with van der Waals surface area (Å²) in [5.74, 6) is 0.613. The molecule has 0 aliphatic rings. The Labute approximate surface area is 182 Å². The van der Waals surface area contributed by atoms with Crippen LogP contribution in [0.25, 0.3) is 22.0 Å². The van der Waals surface area contributed by atoms with E-state index in [1.165, 1.54) is 3.97 Å². The van der Waals surface area contributed by atoms with E-state index in [1.807, 2.05) is 55.6 Å². The molecule has 0 radical (unpaired) electrons. The summed E-state index contributed by atoms with van der Waals surface area (Å²) in [6.07, 6.45) is 1.68. The van der Waals surface area contributed by atoms with Crippen molar-refractivity contribution < 1.29 is 13.2 Å². The van der Waals surface area contributed by atoms with Crippen LogP contribution >= 0.6 is 12.4 Å². The Morgan fingerprint density at radius 3 is 2.30 bits per heavy atom. The van der Waals surface area contributed by atoms with Gasteiger partial charge < -0.3 is 10.1 Å². The third-order valence-electron chi connectivity index (χ3n) is 4.89. The molecule has 1 aromatic heterocycles. The zero-order chi connectivity index (χ0) is 20.4. The highest BCUT2D eigenvalue weighted by Crippen LogP contribution is 2.30. The first-order valence-corrected chi connectivity index (χ1v) is 10.7. The van der Waals surface area contributed by atoms with Gasteiger partial charge in [0.25, 0.3) is 10.0 Å². The normalized spacial score (nSPS) is 11.3. The molecule has 3 aromatic carbocycles. The van der Waals surface area contributed by atoms with Crippen molar-refractivity contribution in [2.75, 3.05) is 14.2 Å². The van der Waals surface area contributed by atoms with Gasteiger partial charge in [-0.25, -0.2) is 12.4 Å². The van der Waals surface area contributed by atoms with E-state index in [0.29, 0.717) is 18.0 Å². The largest absolute Gasteiger partial charge is 0.497 e. The number of fused-ring (bicyclic) bond motifs is 1. The van der Waals surface area contributed by atoms with Crippen molar-refractivity contribution in [2.45, 2.75) is 11.4 Å². The molecule has 0 unspecified atom stereocenters. The highest BCUT2D eigenvalue weighted by Gasteiger charge is 2.22. The van der Waals surface area contributed by atoms with Crippen LogP contribution in [-0.2, 0) is 16.6 Å². The number of aromatic nitrogens is 1. The van der Waals surface area contributed by atoms with Crippen LogP contribution < -0.4 is 10.1 Å². The van der Waals surface area contributed by atoms with Gasteiger partial charge in [0.15, 0.2) is 0 Å². The lowest BCUT2D eigenvalue weighted by molar-refractivity contribution is 0.414. The third kappa shape index (κ3) is 4.07. The van der Waals surface area contributed by atoms with Crippen molar-refractivity contribution in [1.82, 2.24) is 9.29 Å². The first-order chi connectivity index (χ1) is 14.0. The van der Waals surface area contributed by atoms with Crippen LogP contribution in [0.1, 0.15) is 5.56 Å². The van der Waals surface area contributed by atoms with Gasteiger partial charge in [-0.15, -0.1) is 12.4 Å². The average Bonchev–Trinajstić information content (AvgIpc) is 3.18. The zero-order valence-electron chi connectivity index (χ0n) is 16.7. The van der Waals surface area contributed by atoms with Crippen molar-refractivity contribution in [2.24, 2.45) is 0 Å². The Hall–Kier alpha value is -2.80. The van der Waals surface area contributed by atoms with Gasteiger partial charge in [-0.05, 0) is 65.3 Å².